The summed E-state index contributed by atoms with van der Waals surface area (Å²) in [5.41, 5.74) is 0.326. The normalized spacial score (nSPS) is 18.8. The third kappa shape index (κ3) is 2.37. The summed E-state index contributed by atoms with van der Waals surface area (Å²) in [4.78, 5) is 16.8. The lowest BCUT2D eigenvalue weighted by atomic mass is 10.2. The fourth-order valence-corrected chi connectivity index (χ4v) is 1.99. The Labute approximate surface area is 99.6 Å². The maximum atomic E-state index is 12.9. The summed E-state index contributed by atoms with van der Waals surface area (Å²) in [5.74, 6) is -3.15. The molecule has 0 saturated carbocycles. The molecule has 1 aromatic heterocycles. The summed E-state index contributed by atoms with van der Waals surface area (Å²) in [6.07, 6.45) is 2.65. The van der Waals surface area contributed by atoms with E-state index in [1.54, 1.807) is 6.07 Å². The second-order valence-electron chi connectivity index (χ2n) is 3.72. The molecule has 2 heterocycles. The molecule has 1 aliphatic heterocycles. The van der Waals surface area contributed by atoms with Crippen LogP contribution in [-0.2, 0) is 0 Å². The summed E-state index contributed by atoms with van der Waals surface area (Å²) in [6.45, 7) is -0.406. The van der Waals surface area contributed by atoms with E-state index in [1.807, 2.05) is 0 Å². The molecule has 0 atom stereocenters. The highest BCUT2D eigenvalue weighted by Crippen LogP contribution is 2.27. The molecular weight excluding hydrogens is 282 g/mol. The number of carbonyl (C=O) groups is 1. The van der Waals surface area contributed by atoms with Crippen LogP contribution in [0.5, 0.6) is 0 Å². The van der Waals surface area contributed by atoms with Gasteiger partial charge >= 0.3 is 0 Å². The predicted octanol–water partition coefficient (Wildman–Crippen LogP) is 2.33. The van der Waals surface area contributed by atoms with Crippen LogP contribution in [0.4, 0.5) is 8.78 Å². The van der Waals surface area contributed by atoms with Crippen molar-refractivity contribution in [1.82, 2.24) is 9.88 Å². The van der Waals surface area contributed by atoms with Crippen molar-refractivity contribution in [2.75, 3.05) is 13.1 Å². The first-order valence-corrected chi connectivity index (χ1v) is 5.55. The standard InChI is InChI=1S/C10H9BrF2N2O/c11-8-3-7(4-14-5-8)9(16)15-2-1-10(12,13)6-15/h3-5H,1-2,6H2. The smallest absolute Gasteiger partial charge is 0.267 e. The second kappa shape index (κ2) is 4.08. The summed E-state index contributed by atoms with van der Waals surface area (Å²) in [5, 5.41) is 0. The highest BCUT2D eigenvalue weighted by Gasteiger charge is 2.40. The lowest BCUT2D eigenvalue weighted by molar-refractivity contribution is 0.0120. The minimum atomic E-state index is -2.75. The van der Waals surface area contributed by atoms with Crippen LogP contribution in [0.15, 0.2) is 22.9 Å². The van der Waals surface area contributed by atoms with Gasteiger partial charge in [0.1, 0.15) is 0 Å². The van der Waals surface area contributed by atoms with Gasteiger partial charge in [-0.2, -0.15) is 0 Å². The van der Waals surface area contributed by atoms with Gasteiger partial charge < -0.3 is 4.90 Å². The van der Waals surface area contributed by atoms with Gasteiger partial charge in [0.15, 0.2) is 0 Å². The number of alkyl halides is 2. The molecule has 0 aromatic carbocycles. The SMILES string of the molecule is O=C(c1cncc(Br)c1)N1CCC(F)(F)C1. The third-order valence-corrected chi connectivity index (χ3v) is 2.84. The van der Waals surface area contributed by atoms with E-state index in [1.165, 1.54) is 12.4 Å². The molecule has 0 aliphatic carbocycles. The van der Waals surface area contributed by atoms with E-state index >= 15 is 0 Å². The summed E-state index contributed by atoms with van der Waals surface area (Å²) in [7, 11) is 0. The van der Waals surface area contributed by atoms with Gasteiger partial charge in [-0.15, -0.1) is 0 Å². The number of hydrogen-bond acceptors (Lipinski definition) is 2. The van der Waals surface area contributed by atoms with E-state index in [-0.39, 0.29) is 13.0 Å². The Kier molecular flexibility index (Phi) is 2.92. The molecule has 0 bridgehead atoms. The lowest BCUT2D eigenvalue weighted by Gasteiger charge is -2.15. The van der Waals surface area contributed by atoms with E-state index in [9.17, 15) is 13.6 Å². The molecule has 0 unspecified atom stereocenters. The molecular formula is C10H9BrF2N2O. The molecule has 1 amide bonds. The van der Waals surface area contributed by atoms with Crippen molar-refractivity contribution in [3.05, 3.63) is 28.5 Å². The summed E-state index contributed by atoms with van der Waals surface area (Å²) >= 11 is 3.18. The Hall–Kier alpha value is -1.04. The van der Waals surface area contributed by atoms with Crippen LogP contribution >= 0.6 is 15.9 Å². The van der Waals surface area contributed by atoms with Crippen LogP contribution < -0.4 is 0 Å². The number of pyridine rings is 1. The Morgan fingerprint density at radius 2 is 2.25 bits per heavy atom. The van der Waals surface area contributed by atoms with E-state index in [4.69, 9.17) is 0 Å². The molecule has 0 radical (unpaired) electrons. The molecule has 1 aliphatic rings. The quantitative estimate of drug-likeness (QED) is 0.795. The van der Waals surface area contributed by atoms with Crippen molar-refractivity contribution in [3.63, 3.8) is 0 Å². The number of aromatic nitrogens is 1. The fraction of sp³-hybridized carbons (Fsp3) is 0.400. The molecule has 1 saturated heterocycles. The van der Waals surface area contributed by atoms with Crippen LogP contribution in [0.3, 0.4) is 0 Å². The Bertz CT molecular complexity index is 425. The molecule has 1 aromatic rings. The average molecular weight is 291 g/mol. The highest BCUT2D eigenvalue weighted by molar-refractivity contribution is 9.10. The Morgan fingerprint density at radius 3 is 2.81 bits per heavy atom. The number of halogens is 3. The molecule has 2 rings (SSSR count). The van der Waals surface area contributed by atoms with Gasteiger partial charge in [-0.05, 0) is 22.0 Å². The Morgan fingerprint density at radius 1 is 1.50 bits per heavy atom. The average Bonchev–Trinajstić information content (AvgIpc) is 2.58. The maximum absolute atomic E-state index is 12.9. The van der Waals surface area contributed by atoms with Crippen molar-refractivity contribution in [2.24, 2.45) is 0 Å². The van der Waals surface area contributed by atoms with Crippen molar-refractivity contribution in [1.29, 1.82) is 0 Å². The number of nitrogens with zero attached hydrogens (tertiary/aromatic N) is 2. The van der Waals surface area contributed by atoms with Crippen molar-refractivity contribution >= 4 is 21.8 Å². The first-order valence-electron chi connectivity index (χ1n) is 4.76. The van der Waals surface area contributed by atoms with Crippen LogP contribution in [0.2, 0.25) is 0 Å². The largest absolute Gasteiger partial charge is 0.332 e. The summed E-state index contributed by atoms with van der Waals surface area (Å²) in [6, 6.07) is 1.58. The number of carbonyl (C=O) groups excluding carboxylic acids is 1. The summed E-state index contributed by atoms with van der Waals surface area (Å²) < 4.78 is 26.5. The number of likely N-dealkylation sites (tertiary alicyclic amines) is 1. The zero-order chi connectivity index (χ0) is 11.8. The predicted molar refractivity (Wildman–Crippen MR) is 57.4 cm³/mol. The van der Waals surface area contributed by atoms with Gasteiger partial charge in [0.25, 0.3) is 11.8 Å². The van der Waals surface area contributed by atoms with Gasteiger partial charge in [0, 0.05) is 29.8 Å². The molecule has 1 fully saturated rings. The lowest BCUT2D eigenvalue weighted by Crippen LogP contribution is -2.31. The van der Waals surface area contributed by atoms with Crippen LogP contribution in [0, 0.1) is 0 Å². The minimum absolute atomic E-state index is 0.0956. The maximum Gasteiger partial charge on any atom is 0.267 e. The van der Waals surface area contributed by atoms with Gasteiger partial charge in [-0.25, -0.2) is 8.78 Å². The van der Waals surface area contributed by atoms with Crippen LogP contribution in [0.1, 0.15) is 16.8 Å². The molecule has 86 valence electrons. The monoisotopic (exact) mass is 290 g/mol. The zero-order valence-electron chi connectivity index (χ0n) is 8.29. The topological polar surface area (TPSA) is 33.2 Å². The van der Waals surface area contributed by atoms with Gasteiger partial charge in [-0.3, -0.25) is 9.78 Å². The van der Waals surface area contributed by atoms with E-state index in [2.05, 4.69) is 20.9 Å². The van der Waals surface area contributed by atoms with Crippen LogP contribution in [-0.4, -0.2) is 34.8 Å². The van der Waals surface area contributed by atoms with Crippen molar-refractivity contribution < 1.29 is 13.6 Å². The zero-order valence-corrected chi connectivity index (χ0v) is 9.88. The number of hydrogen-bond donors (Lipinski definition) is 0. The first kappa shape index (κ1) is 11.4. The molecule has 16 heavy (non-hydrogen) atoms. The van der Waals surface area contributed by atoms with Crippen molar-refractivity contribution in [3.8, 4) is 0 Å². The number of amides is 1. The highest BCUT2D eigenvalue weighted by atomic mass is 79.9. The third-order valence-electron chi connectivity index (χ3n) is 2.41. The van der Waals surface area contributed by atoms with Gasteiger partial charge in [0.05, 0.1) is 12.1 Å². The fourth-order valence-electron chi connectivity index (χ4n) is 1.62. The van der Waals surface area contributed by atoms with E-state index < -0.39 is 18.4 Å². The van der Waals surface area contributed by atoms with Crippen molar-refractivity contribution in [2.45, 2.75) is 12.3 Å². The molecule has 0 spiro atoms. The minimum Gasteiger partial charge on any atom is -0.332 e. The Balaban J connectivity index is 2.15. The molecule has 0 N–H and O–H groups in total. The van der Waals surface area contributed by atoms with Gasteiger partial charge in [0.2, 0.25) is 0 Å². The first-order chi connectivity index (χ1) is 7.48. The van der Waals surface area contributed by atoms with E-state index in [0.29, 0.717) is 10.0 Å². The van der Waals surface area contributed by atoms with E-state index in [0.717, 1.165) is 4.90 Å². The molecule has 6 heteroatoms. The van der Waals surface area contributed by atoms with Crippen LogP contribution in [0.25, 0.3) is 0 Å². The number of rotatable bonds is 1. The molecule has 3 nitrogen and oxygen atoms in total. The second-order valence-corrected chi connectivity index (χ2v) is 4.64. The van der Waals surface area contributed by atoms with Gasteiger partial charge in [-0.1, -0.05) is 0 Å².